The molecular weight excluding hydrogens is 361 g/mol. The van der Waals surface area contributed by atoms with E-state index >= 15 is 0 Å². The number of carbonyl (C=O) groups is 2. The Kier molecular flexibility index (Phi) is 5.23. The van der Waals surface area contributed by atoms with E-state index in [-0.39, 0.29) is 24.0 Å². The number of benzene rings is 2. The van der Waals surface area contributed by atoms with Gasteiger partial charge >= 0.3 is 5.97 Å². The maximum Gasteiger partial charge on any atom is 0.374 e. The smallest absolute Gasteiger partial charge is 0.374 e. The first-order chi connectivity index (χ1) is 12.4. The molecule has 0 radical (unpaired) electrons. The number of fused-ring (bicyclic) bond motifs is 1. The molecule has 7 heteroatoms. The first kappa shape index (κ1) is 17.9. The van der Waals surface area contributed by atoms with Crippen LogP contribution in [0.2, 0.25) is 5.02 Å². The number of likely N-dealkylation sites (N-methyl/N-ethyl adjacent to an activating group) is 1. The van der Waals surface area contributed by atoms with Gasteiger partial charge in [0, 0.05) is 24.0 Å². The van der Waals surface area contributed by atoms with Crippen LogP contribution in [-0.2, 0) is 16.1 Å². The van der Waals surface area contributed by atoms with Crippen molar-refractivity contribution in [1.29, 1.82) is 0 Å². The zero-order valence-electron chi connectivity index (χ0n) is 13.9. The van der Waals surface area contributed by atoms with Crippen molar-refractivity contribution in [1.82, 2.24) is 4.90 Å². The van der Waals surface area contributed by atoms with Gasteiger partial charge in [-0.3, -0.25) is 4.79 Å². The molecule has 0 spiro atoms. The van der Waals surface area contributed by atoms with Crippen molar-refractivity contribution in [2.45, 2.75) is 6.54 Å². The Morgan fingerprint density at radius 3 is 2.62 bits per heavy atom. The van der Waals surface area contributed by atoms with Crippen LogP contribution in [-0.4, -0.2) is 30.4 Å². The van der Waals surface area contributed by atoms with Crippen molar-refractivity contribution in [3.63, 3.8) is 0 Å². The molecule has 3 rings (SSSR count). The third-order valence-electron chi connectivity index (χ3n) is 3.77. The number of halogens is 2. The summed E-state index contributed by atoms with van der Waals surface area (Å²) in [6.45, 7) is -0.145. The number of hydrogen-bond donors (Lipinski definition) is 0. The summed E-state index contributed by atoms with van der Waals surface area (Å²) in [5.41, 5.74) is 1.27. The summed E-state index contributed by atoms with van der Waals surface area (Å²) in [5, 5.41) is 1.19. The predicted octanol–water partition coefficient (Wildman–Crippen LogP) is 4.04. The fourth-order valence-corrected chi connectivity index (χ4v) is 2.56. The lowest BCUT2D eigenvalue weighted by atomic mass is 10.2. The summed E-state index contributed by atoms with van der Waals surface area (Å²) in [5.74, 6) is -1.47. The van der Waals surface area contributed by atoms with Gasteiger partial charge in [0.2, 0.25) is 5.76 Å². The van der Waals surface area contributed by atoms with Crippen LogP contribution in [0.5, 0.6) is 0 Å². The number of ether oxygens (including phenoxy) is 1. The number of carbonyl (C=O) groups excluding carboxylic acids is 2. The molecule has 0 saturated heterocycles. The zero-order chi connectivity index (χ0) is 18.7. The Bertz CT molecular complexity index is 952. The Hall–Kier alpha value is -2.86. The fraction of sp³-hybridized carbons (Fsp3) is 0.158. The molecule has 2 aromatic carbocycles. The van der Waals surface area contributed by atoms with E-state index in [0.717, 1.165) is 5.56 Å². The van der Waals surface area contributed by atoms with Crippen LogP contribution in [0, 0.1) is 5.82 Å². The second kappa shape index (κ2) is 7.58. The molecule has 134 valence electrons. The lowest BCUT2D eigenvalue weighted by Gasteiger charge is -2.17. The number of furan rings is 1. The summed E-state index contributed by atoms with van der Waals surface area (Å²) in [7, 11) is 1.57. The molecule has 1 heterocycles. The molecule has 0 aliphatic heterocycles. The average molecular weight is 376 g/mol. The van der Waals surface area contributed by atoms with Crippen LogP contribution in [0.4, 0.5) is 4.39 Å². The van der Waals surface area contributed by atoms with Gasteiger partial charge in [0.25, 0.3) is 5.91 Å². The lowest BCUT2D eigenvalue weighted by Crippen LogP contribution is -2.30. The standard InChI is InChI=1S/C19H15ClFNO4/c1-22(10-12-2-5-15(21)6-3-12)18(23)11-25-19(24)17-9-13-8-14(20)4-7-16(13)26-17/h2-9H,10-11H2,1H3. The minimum atomic E-state index is -0.735. The monoisotopic (exact) mass is 375 g/mol. The highest BCUT2D eigenvalue weighted by Crippen LogP contribution is 2.23. The summed E-state index contributed by atoms with van der Waals surface area (Å²) in [6, 6.07) is 12.3. The summed E-state index contributed by atoms with van der Waals surface area (Å²) in [4.78, 5) is 25.5. The highest BCUT2D eigenvalue weighted by molar-refractivity contribution is 6.31. The predicted molar refractivity (Wildman–Crippen MR) is 94.4 cm³/mol. The molecule has 0 fully saturated rings. The number of rotatable bonds is 5. The maximum absolute atomic E-state index is 12.9. The van der Waals surface area contributed by atoms with Gasteiger partial charge in [0.05, 0.1) is 0 Å². The van der Waals surface area contributed by atoms with Crippen LogP contribution in [0.1, 0.15) is 16.1 Å². The molecule has 26 heavy (non-hydrogen) atoms. The van der Waals surface area contributed by atoms with Crippen molar-refractivity contribution in [3.8, 4) is 0 Å². The minimum absolute atomic E-state index is 0.00347. The number of esters is 1. The quantitative estimate of drug-likeness (QED) is 0.631. The topological polar surface area (TPSA) is 59.8 Å². The average Bonchev–Trinajstić information content (AvgIpc) is 3.04. The second-order valence-corrected chi connectivity index (χ2v) is 6.18. The van der Waals surface area contributed by atoms with Crippen LogP contribution in [0.25, 0.3) is 11.0 Å². The van der Waals surface area contributed by atoms with Gasteiger partial charge in [0.15, 0.2) is 6.61 Å². The van der Waals surface area contributed by atoms with Crippen LogP contribution in [0.3, 0.4) is 0 Å². The van der Waals surface area contributed by atoms with Crippen molar-refractivity contribution >= 4 is 34.4 Å². The van der Waals surface area contributed by atoms with E-state index in [1.54, 1.807) is 37.4 Å². The molecule has 0 saturated carbocycles. The first-order valence-corrected chi connectivity index (χ1v) is 8.15. The van der Waals surface area contributed by atoms with E-state index in [2.05, 4.69) is 0 Å². The van der Waals surface area contributed by atoms with Crippen LogP contribution in [0.15, 0.2) is 52.9 Å². The Labute approximate surface area is 153 Å². The normalized spacial score (nSPS) is 10.7. The SMILES string of the molecule is CN(Cc1ccc(F)cc1)C(=O)COC(=O)c1cc2cc(Cl)ccc2o1. The molecule has 5 nitrogen and oxygen atoms in total. The van der Waals surface area contributed by atoms with E-state index in [1.165, 1.54) is 23.1 Å². The Morgan fingerprint density at radius 1 is 1.15 bits per heavy atom. The molecule has 0 N–H and O–H groups in total. The third-order valence-corrected chi connectivity index (χ3v) is 4.00. The highest BCUT2D eigenvalue weighted by atomic mass is 35.5. The molecule has 3 aromatic rings. The summed E-state index contributed by atoms with van der Waals surface area (Å²) < 4.78 is 23.3. The Balaban J connectivity index is 1.57. The molecule has 0 unspecified atom stereocenters. The summed E-state index contributed by atoms with van der Waals surface area (Å²) >= 11 is 5.89. The van der Waals surface area contributed by atoms with Crippen molar-refractivity contribution in [3.05, 3.63) is 70.7 Å². The minimum Gasteiger partial charge on any atom is -0.450 e. The van der Waals surface area contributed by atoms with Crippen LogP contribution >= 0.6 is 11.6 Å². The van der Waals surface area contributed by atoms with E-state index < -0.39 is 12.6 Å². The van der Waals surface area contributed by atoms with E-state index in [4.69, 9.17) is 20.8 Å². The second-order valence-electron chi connectivity index (χ2n) is 5.75. The highest BCUT2D eigenvalue weighted by Gasteiger charge is 2.17. The van der Waals surface area contributed by atoms with Gasteiger partial charge in [-0.1, -0.05) is 23.7 Å². The van der Waals surface area contributed by atoms with Crippen molar-refractivity contribution in [2.75, 3.05) is 13.7 Å². The van der Waals surface area contributed by atoms with Gasteiger partial charge in [-0.05, 0) is 42.0 Å². The van der Waals surface area contributed by atoms with Gasteiger partial charge in [-0.15, -0.1) is 0 Å². The van der Waals surface area contributed by atoms with Crippen molar-refractivity contribution < 1.29 is 23.1 Å². The van der Waals surface area contributed by atoms with Crippen LogP contribution < -0.4 is 0 Å². The first-order valence-electron chi connectivity index (χ1n) is 7.77. The molecule has 0 bridgehead atoms. The molecule has 1 amide bonds. The molecular formula is C19H15ClFNO4. The van der Waals surface area contributed by atoms with E-state index in [0.29, 0.717) is 16.0 Å². The number of amides is 1. The molecule has 1 aromatic heterocycles. The van der Waals surface area contributed by atoms with E-state index in [9.17, 15) is 14.0 Å². The molecule has 0 aliphatic rings. The van der Waals surface area contributed by atoms with Gasteiger partial charge in [-0.2, -0.15) is 0 Å². The zero-order valence-corrected chi connectivity index (χ0v) is 14.6. The van der Waals surface area contributed by atoms with Gasteiger partial charge < -0.3 is 14.1 Å². The number of nitrogens with zero attached hydrogens (tertiary/aromatic N) is 1. The van der Waals surface area contributed by atoms with Gasteiger partial charge in [-0.25, -0.2) is 9.18 Å². The fourth-order valence-electron chi connectivity index (χ4n) is 2.38. The van der Waals surface area contributed by atoms with Gasteiger partial charge in [0.1, 0.15) is 11.4 Å². The Morgan fingerprint density at radius 2 is 1.88 bits per heavy atom. The van der Waals surface area contributed by atoms with Crippen molar-refractivity contribution in [2.24, 2.45) is 0 Å². The lowest BCUT2D eigenvalue weighted by molar-refractivity contribution is -0.133. The third kappa shape index (κ3) is 4.21. The maximum atomic E-state index is 12.9. The number of hydrogen-bond acceptors (Lipinski definition) is 4. The molecule has 0 atom stereocenters. The summed E-state index contributed by atoms with van der Waals surface area (Å²) in [6.07, 6.45) is 0. The largest absolute Gasteiger partial charge is 0.450 e. The molecule has 0 aliphatic carbocycles. The van der Waals surface area contributed by atoms with E-state index in [1.807, 2.05) is 0 Å².